The number of aliphatic carboxylic acids is 1. The first-order valence-electron chi connectivity index (χ1n) is 4.09. The molecule has 0 spiro atoms. The second-order valence-electron chi connectivity index (χ2n) is 3.01. The smallest absolute Gasteiger partial charge is 0.469 e. The minimum Gasteiger partial charge on any atom is -0.481 e. The summed E-state index contributed by atoms with van der Waals surface area (Å²) in [5, 5.41) is 35.5. The third-order valence-corrected chi connectivity index (χ3v) is 2.07. The molecule has 0 rings (SSSR count). The summed E-state index contributed by atoms with van der Waals surface area (Å²) in [6, 6.07) is 0. The molecule has 0 aromatic carbocycles. The van der Waals surface area contributed by atoms with Gasteiger partial charge in [0.15, 0.2) is 0 Å². The van der Waals surface area contributed by atoms with Crippen LogP contribution in [0.4, 0.5) is 0 Å². The zero-order valence-electron chi connectivity index (χ0n) is 8.00. The van der Waals surface area contributed by atoms with Gasteiger partial charge in [0.1, 0.15) is 12.2 Å². The zero-order valence-corrected chi connectivity index (χ0v) is 8.90. The van der Waals surface area contributed by atoms with E-state index in [2.05, 4.69) is 4.52 Å². The lowest BCUT2D eigenvalue weighted by Crippen LogP contribution is -2.40. The van der Waals surface area contributed by atoms with Gasteiger partial charge in [0, 0.05) is 0 Å². The summed E-state index contributed by atoms with van der Waals surface area (Å²) in [6.45, 7) is -0.928. The van der Waals surface area contributed by atoms with Crippen LogP contribution < -0.4 is 0 Å². The van der Waals surface area contributed by atoms with Gasteiger partial charge in [0.2, 0.25) is 0 Å². The van der Waals surface area contributed by atoms with Gasteiger partial charge in [-0.1, -0.05) is 0 Å². The molecule has 0 aliphatic carbocycles. The van der Waals surface area contributed by atoms with E-state index in [-0.39, 0.29) is 0 Å². The third-order valence-electron chi connectivity index (χ3n) is 1.59. The summed E-state index contributed by atoms with van der Waals surface area (Å²) in [4.78, 5) is 26.7. The van der Waals surface area contributed by atoms with Crippen LogP contribution in [0, 0.1) is 0 Å². The molecule has 6 N–H and O–H groups in total. The molecule has 0 aromatic rings. The van der Waals surface area contributed by atoms with Crippen molar-refractivity contribution in [2.24, 2.45) is 0 Å². The van der Waals surface area contributed by atoms with Gasteiger partial charge < -0.3 is 30.2 Å². The van der Waals surface area contributed by atoms with Crippen LogP contribution in [0.15, 0.2) is 0 Å². The first kappa shape index (κ1) is 15.5. The predicted molar refractivity (Wildman–Crippen MR) is 48.3 cm³/mol. The van der Waals surface area contributed by atoms with Crippen molar-refractivity contribution in [1.29, 1.82) is 0 Å². The molecule has 0 saturated heterocycles. The van der Waals surface area contributed by atoms with Gasteiger partial charge in [-0.3, -0.25) is 9.32 Å². The van der Waals surface area contributed by atoms with Gasteiger partial charge in [0.05, 0.1) is 19.1 Å². The van der Waals surface area contributed by atoms with E-state index >= 15 is 0 Å². The lowest BCUT2D eigenvalue weighted by molar-refractivity contribution is -0.143. The summed E-state index contributed by atoms with van der Waals surface area (Å²) in [5.74, 6) is -1.39. The first-order chi connectivity index (χ1) is 7.13. The predicted octanol–water partition coefficient (Wildman–Crippen LogP) is -2.35. The minimum atomic E-state index is -4.79. The van der Waals surface area contributed by atoms with E-state index in [9.17, 15) is 9.36 Å². The van der Waals surface area contributed by atoms with Crippen LogP contribution in [0.3, 0.4) is 0 Å². The second kappa shape index (κ2) is 6.26. The Balaban J connectivity index is 4.12. The maximum absolute atomic E-state index is 10.2. The van der Waals surface area contributed by atoms with Crippen LogP contribution in [0.2, 0.25) is 0 Å². The summed E-state index contributed by atoms with van der Waals surface area (Å²) in [7, 11) is -4.79. The van der Waals surface area contributed by atoms with Crippen molar-refractivity contribution in [3.05, 3.63) is 0 Å². The number of rotatable bonds is 7. The molecule has 0 aliphatic rings. The maximum atomic E-state index is 10.2. The number of phosphoric ester groups is 1. The van der Waals surface area contributed by atoms with E-state index in [1.54, 1.807) is 0 Å². The number of carboxylic acids is 1. The van der Waals surface area contributed by atoms with Gasteiger partial charge in [-0.15, -0.1) is 0 Å². The lowest BCUT2D eigenvalue weighted by atomic mass is 10.1. The topological polar surface area (TPSA) is 165 Å². The van der Waals surface area contributed by atoms with Crippen molar-refractivity contribution >= 4 is 13.8 Å². The molecule has 3 atom stereocenters. The first-order valence-corrected chi connectivity index (χ1v) is 5.62. The molecular weight excluding hydrogens is 247 g/mol. The summed E-state index contributed by atoms with van der Waals surface area (Å²) >= 11 is 0. The van der Waals surface area contributed by atoms with Crippen LogP contribution in [0.5, 0.6) is 0 Å². The van der Waals surface area contributed by atoms with Gasteiger partial charge in [-0.05, 0) is 0 Å². The average molecular weight is 260 g/mol. The van der Waals surface area contributed by atoms with Crippen molar-refractivity contribution in [3.8, 4) is 0 Å². The average Bonchev–Trinajstić information content (AvgIpc) is 2.10. The van der Waals surface area contributed by atoms with Crippen LogP contribution >= 0.6 is 7.82 Å². The van der Waals surface area contributed by atoms with Gasteiger partial charge in [0.25, 0.3) is 0 Å². The monoisotopic (exact) mass is 260 g/mol. The molecule has 0 fully saturated rings. The van der Waals surface area contributed by atoms with E-state index in [0.29, 0.717) is 0 Å². The number of aliphatic hydroxyl groups excluding tert-OH is 3. The fraction of sp³-hybridized carbons (Fsp3) is 0.833. The Morgan fingerprint density at radius 3 is 2.06 bits per heavy atom. The van der Waals surface area contributed by atoms with Crippen molar-refractivity contribution in [2.75, 3.05) is 6.61 Å². The highest BCUT2D eigenvalue weighted by atomic mass is 31.2. The Kier molecular flexibility index (Phi) is 6.05. The Morgan fingerprint density at radius 2 is 1.69 bits per heavy atom. The molecule has 0 amide bonds. The summed E-state index contributed by atoms with van der Waals surface area (Å²) in [6.07, 6.45) is -6.24. The molecule has 0 aromatic heterocycles. The lowest BCUT2D eigenvalue weighted by Gasteiger charge is -2.21. The Hall–Kier alpha value is -0.540. The highest BCUT2D eigenvalue weighted by molar-refractivity contribution is 7.46. The molecule has 0 unspecified atom stereocenters. The normalized spacial score (nSPS) is 17.8. The number of phosphoric acid groups is 1. The van der Waals surface area contributed by atoms with Crippen LogP contribution in [-0.2, 0) is 13.9 Å². The van der Waals surface area contributed by atoms with E-state index in [1.165, 1.54) is 0 Å². The van der Waals surface area contributed by atoms with Crippen molar-refractivity contribution in [2.45, 2.75) is 24.7 Å². The van der Waals surface area contributed by atoms with E-state index < -0.39 is 45.1 Å². The molecular formula is C6H13O9P. The van der Waals surface area contributed by atoms with Crippen molar-refractivity contribution in [1.82, 2.24) is 0 Å². The van der Waals surface area contributed by atoms with Crippen molar-refractivity contribution < 1.29 is 44.1 Å². The van der Waals surface area contributed by atoms with Gasteiger partial charge in [-0.25, -0.2) is 4.57 Å². The fourth-order valence-electron chi connectivity index (χ4n) is 0.828. The highest BCUT2D eigenvalue weighted by Crippen LogP contribution is 2.35. The van der Waals surface area contributed by atoms with E-state index in [1.807, 2.05) is 0 Å². The highest BCUT2D eigenvalue weighted by Gasteiger charge is 2.28. The molecule has 0 bridgehead atoms. The molecule has 0 aliphatic heterocycles. The van der Waals surface area contributed by atoms with Crippen molar-refractivity contribution in [3.63, 3.8) is 0 Å². The number of carboxylic acid groups (broad SMARTS) is 1. The molecule has 96 valence electrons. The number of aliphatic hydroxyl groups is 3. The Labute approximate surface area is 90.2 Å². The third kappa shape index (κ3) is 6.85. The number of hydrogen-bond donors (Lipinski definition) is 6. The van der Waals surface area contributed by atoms with E-state index in [0.717, 1.165) is 0 Å². The standard InChI is InChI=1S/C6H13O9P/c7-3(1-5(9)10)6(11)4(8)2-15-16(12,13)14/h3-4,6-8,11H,1-2H2,(H,9,10)(H2,12,13,14)/t3-,4+,6+/m0/s1. The summed E-state index contributed by atoms with van der Waals surface area (Å²) in [5.41, 5.74) is 0. The van der Waals surface area contributed by atoms with Crippen LogP contribution in [0.25, 0.3) is 0 Å². The van der Waals surface area contributed by atoms with E-state index in [4.69, 9.17) is 30.2 Å². The largest absolute Gasteiger partial charge is 0.481 e. The van der Waals surface area contributed by atoms with Crippen LogP contribution in [0.1, 0.15) is 6.42 Å². The molecule has 10 heteroatoms. The second-order valence-corrected chi connectivity index (χ2v) is 4.25. The Morgan fingerprint density at radius 1 is 1.19 bits per heavy atom. The maximum Gasteiger partial charge on any atom is 0.469 e. The summed E-state index contributed by atoms with van der Waals surface area (Å²) < 4.78 is 14.1. The Bertz CT molecular complexity index is 273. The quantitative estimate of drug-likeness (QED) is 0.275. The number of hydrogen-bond acceptors (Lipinski definition) is 6. The van der Waals surface area contributed by atoms with Crippen LogP contribution in [-0.4, -0.2) is 61.1 Å². The van der Waals surface area contributed by atoms with Gasteiger partial charge >= 0.3 is 13.8 Å². The fourth-order valence-corrected chi connectivity index (χ4v) is 1.18. The molecule has 0 saturated carbocycles. The SMILES string of the molecule is O=C(O)C[C@H](O)[C@@H](O)[C@H](O)COP(=O)(O)O. The zero-order chi connectivity index (χ0) is 12.9. The molecule has 16 heavy (non-hydrogen) atoms. The minimum absolute atomic E-state index is 0.811. The molecule has 0 radical (unpaired) electrons. The van der Waals surface area contributed by atoms with Gasteiger partial charge in [-0.2, -0.15) is 0 Å². The molecule has 0 heterocycles. The number of carbonyl (C=O) groups is 1. The molecule has 9 nitrogen and oxygen atoms in total.